The summed E-state index contributed by atoms with van der Waals surface area (Å²) in [5, 5.41) is 22.8. The molecule has 1 aliphatic rings. The number of β-amino-alcohol motifs (C(OH)–C–C–N with tert-alkyl or cyclic N) is 1. The predicted molar refractivity (Wildman–Crippen MR) is 95.2 cm³/mol. The average Bonchev–Trinajstić information content (AvgIpc) is 2.54. The number of aliphatic hydroxyl groups is 2. The maximum atomic E-state index is 12.4. The van der Waals surface area contributed by atoms with Crippen LogP contribution in [0.1, 0.15) is 49.5 Å². The van der Waals surface area contributed by atoms with Crippen LogP contribution in [0.15, 0.2) is 24.3 Å². The summed E-state index contributed by atoms with van der Waals surface area (Å²) in [6.45, 7) is 5.81. The Labute approximate surface area is 148 Å². The minimum Gasteiger partial charge on any atom is -0.390 e. The van der Waals surface area contributed by atoms with E-state index in [-0.39, 0.29) is 24.4 Å². The highest BCUT2D eigenvalue weighted by Crippen LogP contribution is 2.15. The van der Waals surface area contributed by atoms with Crippen LogP contribution in [0.2, 0.25) is 0 Å². The number of rotatable bonds is 5. The van der Waals surface area contributed by atoms with Crippen LogP contribution in [-0.2, 0) is 11.2 Å². The van der Waals surface area contributed by atoms with E-state index in [2.05, 4.69) is 5.32 Å². The molecule has 0 saturated carbocycles. The molecular weight excluding hydrogens is 320 g/mol. The van der Waals surface area contributed by atoms with Crippen LogP contribution >= 0.6 is 0 Å². The van der Waals surface area contributed by atoms with Crippen molar-refractivity contribution in [3.63, 3.8) is 0 Å². The fourth-order valence-electron chi connectivity index (χ4n) is 2.91. The molecule has 0 unspecified atom stereocenters. The van der Waals surface area contributed by atoms with E-state index in [1.807, 2.05) is 12.1 Å². The summed E-state index contributed by atoms with van der Waals surface area (Å²) < 4.78 is 0. The number of aryl methyl sites for hydroxylation is 1. The third kappa shape index (κ3) is 5.83. The van der Waals surface area contributed by atoms with Gasteiger partial charge in [0.1, 0.15) is 0 Å². The first kappa shape index (κ1) is 19.4. The van der Waals surface area contributed by atoms with Crippen LogP contribution in [0.25, 0.3) is 0 Å². The van der Waals surface area contributed by atoms with Crippen molar-refractivity contribution in [3.05, 3.63) is 35.4 Å². The number of carbonyl (C=O) groups is 2. The van der Waals surface area contributed by atoms with E-state index in [0.717, 1.165) is 12.0 Å². The average molecular weight is 348 g/mol. The molecule has 2 amide bonds. The lowest BCUT2D eigenvalue weighted by molar-refractivity contribution is -0.132. The second kappa shape index (κ2) is 7.97. The minimum atomic E-state index is -0.757. The molecule has 1 aromatic rings. The van der Waals surface area contributed by atoms with Crippen LogP contribution in [-0.4, -0.2) is 57.8 Å². The smallest absolute Gasteiger partial charge is 0.251 e. The van der Waals surface area contributed by atoms with Crippen LogP contribution in [0.4, 0.5) is 0 Å². The second-order valence-corrected chi connectivity index (χ2v) is 7.41. The van der Waals surface area contributed by atoms with Gasteiger partial charge < -0.3 is 20.4 Å². The van der Waals surface area contributed by atoms with Crippen LogP contribution < -0.4 is 5.32 Å². The van der Waals surface area contributed by atoms with E-state index in [9.17, 15) is 19.8 Å². The summed E-state index contributed by atoms with van der Waals surface area (Å²) in [4.78, 5) is 25.3. The molecule has 2 atom stereocenters. The van der Waals surface area contributed by atoms with Gasteiger partial charge in [-0.05, 0) is 50.8 Å². The van der Waals surface area contributed by atoms with Crippen LogP contribution in [0.5, 0.6) is 0 Å². The van der Waals surface area contributed by atoms with Gasteiger partial charge in [0.2, 0.25) is 5.91 Å². The number of amides is 2. The molecular formula is C19H28N2O4. The topological polar surface area (TPSA) is 89.9 Å². The summed E-state index contributed by atoms with van der Waals surface area (Å²) in [6, 6.07) is 6.93. The summed E-state index contributed by atoms with van der Waals surface area (Å²) in [7, 11) is 0. The van der Waals surface area contributed by atoms with Gasteiger partial charge >= 0.3 is 0 Å². The number of likely N-dealkylation sites (tertiary alicyclic amines) is 1. The maximum Gasteiger partial charge on any atom is 0.251 e. The van der Waals surface area contributed by atoms with Crippen molar-refractivity contribution in [1.29, 1.82) is 0 Å². The molecule has 0 bridgehead atoms. The third-order valence-corrected chi connectivity index (χ3v) is 4.59. The monoisotopic (exact) mass is 348 g/mol. The number of carbonyl (C=O) groups excluding carboxylic acids is 2. The highest BCUT2D eigenvalue weighted by Gasteiger charge is 2.30. The predicted octanol–water partition coefficient (Wildman–Crippen LogP) is 1.10. The number of nitrogens with zero attached hydrogens (tertiary/aromatic N) is 1. The molecule has 1 saturated heterocycles. The summed E-state index contributed by atoms with van der Waals surface area (Å²) in [6.07, 6.45) is 1.18. The Morgan fingerprint density at radius 3 is 2.44 bits per heavy atom. The first-order chi connectivity index (χ1) is 11.7. The van der Waals surface area contributed by atoms with Crippen molar-refractivity contribution in [2.24, 2.45) is 0 Å². The number of hydrogen-bond acceptors (Lipinski definition) is 4. The molecule has 25 heavy (non-hydrogen) atoms. The molecule has 1 fully saturated rings. The van der Waals surface area contributed by atoms with Crippen molar-refractivity contribution in [3.8, 4) is 0 Å². The fourth-order valence-corrected chi connectivity index (χ4v) is 2.91. The van der Waals surface area contributed by atoms with E-state index in [0.29, 0.717) is 24.9 Å². The Balaban J connectivity index is 1.89. The standard InChI is InChI=1S/C19H28N2O4/c1-13(22)21-11-9-16(17(23)12-21)20-18(24)15-6-4-14(5-7-15)8-10-19(2,3)25/h4-7,16-17,23,25H,8-12H2,1-3H3,(H,20,24)/t16-,17-/m1/s1. The van der Waals surface area contributed by atoms with Gasteiger partial charge in [0.15, 0.2) is 0 Å². The molecule has 6 heteroatoms. The number of benzene rings is 1. The zero-order chi connectivity index (χ0) is 18.6. The van der Waals surface area contributed by atoms with Gasteiger partial charge in [-0.25, -0.2) is 0 Å². The van der Waals surface area contributed by atoms with Gasteiger partial charge in [0, 0.05) is 25.6 Å². The van der Waals surface area contributed by atoms with Crippen molar-refractivity contribution < 1.29 is 19.8 Å². The summed E-state index contributed by atoms with van der Waals surface area (Å²) >= 11 is 0. The molecule has 0 radical (unpaired) electrons. The van der Waals surface area contributed by atoms with Crippen LogP contribution in [0.3, 0.4) is 0 Å². The normalized spacial score (nSPS) is 21.1. The van der Waals surface area contributed by atoms with Crippen molar-refractivity contribution in [2.45, 2.75) is 57.8 Å². The second-order valence-electron chi connectivity index (χ2n) is 7.41. The number of nitrogens with one attached hydrogen (secondary N) is 1. The third-order valence-electron chi connectivity index (χ3n) is 4.59. The van der Waals surface area contributed by atoms with Gasteiger partial charge in [-0.3, -0.25) is 9.59 Å². The van der Waals surface area contributed by atoms with Crippen LogP contribution in [0, 0.1) is 0 Å². The van der Waals surface area contributed by atoms with Gasteiger partial charge in [0.25, 0.3) is 5.91 Å². The first-order valence-electron chi connectivity index (χ1n) is 8.71. The zero-order valence-corrected chi connectivity index (χ0v) is 15.2. The molecule has 1 heterocycles. The van der Waals surface area contributed by atoms with Gasteiger partial charge in [0.05, 0.1) is 17.7 Å². The van der Waals surface area contributed by atoms with Crippen molar-refractivity contribution >= 4 is 11.8 Å². The first-order valence-corrected chi connectivity index (χ1v) is 8.71. The lowest BCUT2D eigenvalue weighted by Gasteiger charge is -2.35. The molecule has 0 spiro atoms. The molecule has 138 valence electrons. The molecule has 1 aromatic carbocycles. The molecule has 0 aliphatic carbocycles. The van der Waals surface area contributed by atoms with Gasteiger partial charge in [-0.15, -0.1) is 0 Å². The number of aliphatic hydroxyl groups excluding tert-OH is 1. The van der Waals surface area contributed by atoms with Crippen molar-refractivity contribution in [1.82, 2.24) is 10.2 Å². The Morgan fingerprint density at radius 2 is 1.92 bits per heavy atom. The summed E-state index contributed by atoms with van der Waals surface area (Å²) in [5.41, 5.74) is 0.891. The highest BCUT2D eigenvalue weighted by atomic mass is 16.3. The molecule has 0 aromatic heterocycles. The zero-order valence-electron chi connectivity index (χ0n) is 15.2. The molecule has 6 nitrogen and oxygen atoms in total. The largest absolute Gasteiger partial charge is 0.390 e. The van der Waals surface area contributed by atoms with Gasteiger partial charge in [-0.2, -0.15) is 0 Å². The Kier molecular flexibility index (Phi) is 6.19. The molecule has 2 rings (SSSR count). The molecule has 3 N–H and O–H groups in total. The van der Waals surface area contributed by atoms with E-state index in [4.69, 9.17) is 0 Å². The highest BCUT2D eigenvalue weighted by molar-refractivity contribution is 5.94. The maximum absolute atomic E-state index is 12.4. The Hall–Kier alpha value is -1.92. The number of hydrogen-bond donors (Lipinski definition) is 3. The van der Waals surface area contributed by atoms with Gasteiger partial charge in [-0.1, -0.05) is 12.1 Å². The summed E-state index contributed by atoms with van der Waals surface area (Å²) in [5.74, 6) is -0.292. The molecule has 1 aliphatic heterocycles. The minimum absolute atomic E-state index is 0.0644. The fraction of sp³-hybridized carbons (Fsp3) is 0.579. The van der Waals surface area contributed by atoms with E-state index in [1.54, 1.807) is 30.9 Å². The SMILES string of the molecule is CC(=O)N1CC[C@@H](NC(=O)c2ccc(CCC(C)(C)O)cc2)[C@H](O)C1. The quantitative estimate of drug-likeness (QED) is 0.743. The van der Waals surface area contributed by atoms with E-state index < -0.39 is 11.7 Å². The number of piperidine rings is 1. The lowest BCUT2D eigenvalue weighted by Crippen LogP contribution is -2.55. The lowest BCUT2D eigenvalue weighted by atomic mass is 9.98. The Bertz CT molecular complexity index is 607. The Morgan fingerprint density at radius 1 is 1.28 bits per heavy atom. The van der Waals surface area contributed by atoms with E-state index >= 15 is 0 Å². The van der Waals surface area contributed by atoms with E-state index in [1.165, 1.54) is 6.92 Å². The van der Waals surface area contributed by atoms with Crippen molar-refractivity contribution in [2.75, 3.05) is 13.1 Å².